The van der Waals surface area contributed by atoms with Gasteiger partial charge in [-0.15, -0.1) is 0 Å². The maximum absolute atomic E-state index is 8.74. The topological polar surface area (TPSA) is 43.7 Å². The SMILES string of the molecule is CN1CCC[C@@H]1C(O)O. The molecule has 3 heteroatoms. The summed E-state index contributed by atoms with van der Waals surface area (Å²) in [7, 11) is 1.91. The minimum absolute atomic E-state index is 0.0231. The van der Waals surface area contributed by atoms with E-state index in [2.05, 4.69) is 0 Å². The van der Waals surface area contributed by atoms with E-state index < -0.39 is 6.29 Å². The molecule has 0 bridgehead atoms. The third-order valence-corrected chi connectivity index (χ3v) is 1.92. The van der Waals surface area contributed by atoms with Crippen molar-refractivity contribution < 1.29 is 10.2 Å². The van der Waals surface area contributed by atoms with E-state index in [1.165, 1.54) is 0 Å². The third kappa shape index (κ3) is 1.41. The molecule has 0 amide bonds. The molecule has 1 fully saturated rings. The highest BCUT2D eigenvalue weighted by molar-refractivity contribution is 4.77. The number of likely N-dealkylation sites (N-methyl/N-ethyl adjacent to an activating group) is 1. The number of aliphatic hydroxyl groups excluding tert-OH is 1. The number of nitrogens with zero attached hydrogens (tertiary/aromatic N) is 1. The van der Waals surface area contributed by atoms with Crippen molar-refractivity contribution in [3.63, 3.8) is 0 Å². The Labute approximate surface area is 54.9 Å². The summed E-state index contributed by atoms with van der Waals surface area (Å²) in [5, 5.41) is 17.5. The van der Waals surface area contributed by atoms with Gasteiger partial charge in [-0.1, -0.05) is 0 Å². The number of aliphatic hydroxyl groups is 2. The highest BCUT2D eigenvalue weighted by atomic mass is 16.5. The first kappa shape index (κ1) is 6.99. The van der Waals surface area contributed by atoms with Crippen LogP contribution in [0.3, 0.4) is 0 Å². The molecule has 1 saturated heterocycles. The lowest BCUT2D eigenvalue weighted by molar-refractivity contribution is -0.0858. The molecule has 0 unspecified atom stereocenters. The molecule has 0 aromatic carbocycles. The fourth-order valence-electron chi connectivity index (χ4n) is 1.31. The van der Waals surface area contributed by atoms with Gasteiger partial charge in [-0.05, 0) is 26.4 Å². The van der Waals surface area contributed by atoms with Gasteiger partial charge in [0.05, 0.1) is 6.04 Å². The van der Waals surface area contributed by atoms with E-state index in [4.69, 9.17) is 10.2 Å². The van der Waals surface area contributed by atoms with Crippen LogP contribution in [0.2, 0.25) is 0 Å². The van der Waals surface area contributed by atoms with Crippen LogP contribution in [0.5, 0.6) is 0 Å². The molecule has 0 aromatic heterocycles. The van der Waals surface area contributed by atoms with E-state index in [0.717, 1.165) is 19.4 Å². The van der Waals surface area contributed by atoms with E-state index in [-0.39, 0.29) is 6.04 Å². The van der Waals surface area contributed by atoms with Crippen LogP contribution in [0.1, 0.15) is 12.8 Å². The first-order valence-corrected chi connectivity index (χ1v) is 3.28. The van der Waals surface area contributed by atoms with Gasteiger partial charge in [-0.3, -0.25) is 4.90 Å². The Morgan fingerprint density at radius 3 is 2.44 bits per heavy atom. The summed E-state index contributed by atoms with van der Waals surface area (Å²) in [5.41, 5.74) is 0. The zero-order valence-corrected chi connectivity index (χ0v) is 5.62. The Morgan fingerprint density at radius 2 is 2.22 bits per heavy atom. The minimum Gasteiger partial charge on any atom is -0.367 e. The zero-order valence-electron chi connectivity index (χ0n) is 5.62. The number of rotatable bonds is 1. The van der Waals surface area contributed by atoms with Crippen LogP contribution < -0.4 is 0 Å². The molecule has 0 spiro atoms. The second-order valence-corrected chi connectivity index (χ2v) is 2.60. The maximum atomic E-state index is 8.74. The smallest absolute Gasteiger partial charge is 0.167 e. The molecule has 9 heavy (non-hydrogen) atoms. The molecule has 0 aliphatic carbocycles. The molecule has 3 nitrogen and oxygen atoms in total. The quantitative estimate of drug-likeness (QED) is 0.467. The Morgan fingerprint density at radius 1 is 1.56 bits per heavy atom. The predicted molar refractivity (Wildman–Crippen MR) is 33.9 cm³/mol. The molecule has 0 radical (unpaired) electrons. The van der Waals surface area contributed by atoms with Gasteiger partial charge in [-0.2, -0.15) is 0 Å². The van der Waals surface area contributed by atoms with E-state index in [9.17, 15) is 0 Å². The Bertz CT molecular complexity index is 95.1. The van der Waals surface area contributed by atoms with Crippen molar-refractivity contribution in [3.05, 3.63) is 0 Å². The number of likely N-dealkylation sites (tertiary alicyclic amines) is 1. The zero-order chi connectivity index (χ0) is 6.85. The summed E-state index contributed by atoms with van der Waals surface area (Å²) < 4.78 is 0. The van der Waals surface area contributed by atoms with Crippen LogP contribution in [-0.4, -0.2) is 41.0 Å². The molecule has 0 saturated carbocycles. The lowest BCUT2D eigenvalue weighted by atomic mass is 10.2. The van der Waals surface area contributed by atoms with E-state index in [1.54, 1.807) is 0 Å². The molecule has 54 valence electrons. The molecular weight excluding hydrogens is 118 g/mol. The number of hydrogen-bond donors (Lipinski definition) is 2. The first-order valence-electron chi connectivity index (χ1n) is 3.28. The Hall–Kier alpha value is -0.120. The monoisotopic (exact) mass is 131 g/mol. The Balaban J connectivity index is 2.40. The summed E-state index contributed by atoms with van der Waals surface area (Å²) in [5.74, 6) is 0. The summed E-state index contributed by atoms with van der Waals surface area (Å²) in [6.45, 7) is 0.988. The standard InChI is InChI=1S/C6H13NO2/c1-7-4-2-3-5(7)6(8)9/h5-6,8-9H,2-4H2,1H3/t5-/m1/s1. The summed E-state index contributed by atoms with van der Waals surface area (Å²) in [6, 6.07) is -0.0231. The molecule has 1 atom stereocenters. The van der Waals surface area contributed by atoms with Crippen molar-refractivity contribution in [2.24, 2.45) is 0 Å². The van der Waals surface area contributed by atoms with Gasteiger partial charge in [0, 0.05) is 0 Å². The van der Waals surface area contributed by atoms with Crippen LogP contribution >= 0.6 is 0 Å². The van der Waals surface area contributed by atoms with Gasteiger partial charge >= 0.3 is 0 Å². The summed E-state index contributed by atoms with van der Waals surface area (Å²) in [6.07, 6.45) is 0.838. The van der Waals surface area contributed by atoms with E-state index in [0.29, 0.717) is 0 Å². The lowest BCUT2D eigenvalue weighted by Crippen LogP contribution is -2.35. The van der Waals surface area contributed by atoms with Crippen LogP contribution in [-0.2, 0) is 0 Å². The highest BCUT2D eigenvalue weighted by Crippen LogP contribution is 2.16. The van der Waals surface area contributed by atoms with E-state index >= 15 is 0 Å². The minimum atomic E-state index is -1.16. The van der Waals surface area contributed by atoms with Crippen molar-refractivity contribution >= 4 is 0 Å². The second kappa shape index (κ2) is 2.64. The molecule has 1 heterocycles. The van der Waals surface area contributed by atoms with Crippen LogP contribution in [0.15, 0.2) is 0 Å². The fourth-order valence-corrected chi connectivity index (χ4v) is 1.31. The van der Waals surface area contributed by atoms with Gasteiger partial charge in [0.25, 0.3) is 0 Å². The predicted octanol–water partition coefficient (Wildman–Crippen LogP) is -0.609. The molecular formula is C6H13NO2. The largest absolute Gasteiger partial charge is 0.367 e. The van der Waals surface area contributed by atoms with Gasteiger partial charge < -0.3 is 10.2 Å². The summed E-state index contributed by atoms with van der Waals surface area (Å²) >= 11 is 0. The Kier molecular flexibility index (Phi) is 2.05. The highest BCUT2D eigenvalue weighted by Gasteiger charge is 2.25. The van der Waals surface area contributed by atoms with Gasteiger partial charge in [0.1, 0.15) is 0 Å². The summed E-state index contributed by atoms with van der Waals surface area (Å²) in [4.78, 5) is 1.98. The maximum Gasteiger partial charge on any atom is 0.167 e. The lowest BCUT2D eigenvalue weighted by Gasteiger charge is -2.20. The number of hydrogen-bond acceptors (Lipinski definition) is 3. The fraction of sp³-hybridized carbons (Fsp3) is 1.00. The molecule has 1 rings (SSSR count). The third-order valence-electron chi connectivity index (χ3n) is 1.92. The van der Waals surface area contributed by atoms with Crippen LogP contribution in [0, 0.1) is 0 Å². The van der Waals surface area contributed by atoms with Crippen molar-refractivity contribution in [3.8, 4) is 0 Å². The van der Waals surface area contributed by atoms with E-state index in [1.807, 2.05) is 11.9 Å². The van der Waals surface area contributed by atoms with Gasteiger partial charge in [0.2, 0.25) is 0 Å². The van der Waals surface area contributed by atoms with Crippen LogP contribution in [0.25, 0.3) is 0 Å². The van der Waals surface area contributed by atoms with Crippen molar-refractivity contribution in [2.75, 3.05) is 13.6 Å². The van der Waals surface area contributed by atoms with Crippen molar-refractivity contribution in [2.45, 2.75) is 25.2 Å². The molecule has 2 N–H and O–H groups in total. The average molecular weight is 131 g/mol. The normalized spacial score (nSPS) is 30.0. The molecule has 1 aliphatic rings. The molecule has 0 aromatic rings. The van der Waals surface area contributed by atoms with Gasteiger partial charge in [0.15, 0.2) is 6.29 Å². The second-order valence-electron chi connectivity index (χ2n) is 2.60. The van der Waals surface area contributed by atoms with Gasteiger partial charge in [-0.25, -0.2) is 0 Å². The average Bonchev–Trinajstić information content (AvgIpc) is 2.13. The van der Waals surface area contributed by atoms with Crippen molar-refractivity contribution in [1.82, 2.24) is 4.90 Å². The van der Waals surface area contributed by atoms with Crippen molar-refractivity contribution in [1.29, 1.82) is 0 Å². The first-order chi connectivity index (χ1) is 4.22. The molecule has 1 aliphatic heterocycles. The van der Waals surface area contributed by atoms with Crippen LogP contribution in [0.4, 0.5) is 0 Å².